The lowest BCUT2D eigenvalue weighted by atomic mass is 10.2. The molecule has 1 rings (SSSR count). The highest BCUT2D eigenvalue weighted by molar-refractivity contribution is 5.43. The first-order valence-corrected chi connectivity index (χ1v) is 5.80. The van der Waals surface area contributed by atoms with E-state index in [0.29, 0.717) is 0 Å². The fourth-order valence-corrected chi connectivity index (χ4v) is 1.47. The van der Waals surface area contributed by atoms with Crippen molar-refractivity contribution in [2.75, 3.05) is 11.7 Å². The van der Waals surface area contributed by atoms with E-state index in [1.54, 1.807) is 0 Å². The van der Waals surface area contributed by atoms with Crippen molar-refractivity contribution in [3.63, 3.8) is 0 Å². The van der Waals surface area contributed by atoms with E-state index in [9.17, 15) is 4.91 Å². The van der Waals surface area contributed by atoms with Gasteiger partial charge in [0.25, 0.3) is 0 Å². The molecule has 0 spiro atoms. The Balaban J connectivity index is 2.30. The predicted octanol–water partition coefficient (Wildman–Crippen LogP) is 3.26. The molecule has 0 saturated carbocycles. The van der Waals surface area contributed by atoms with Crippen LogP contribution in [0.2, 0.25) is 0 Å². The van der Waals surface area contributed by atoms with Crippen molar-refractivity contribution in [2.24, 2.45) is 5.29 Å². The number of nitrogens with zero attached hydrogens (tertiary/aromatic N) is 2. The molecule has 0 amide bonds. The van der Waals surface area contributed by atoms with Gasteiger partial charge in [-0.05, 0) is 18.6 Å². The molecule has 1 aromatic carbocycles. The van der Waals surface area contributed by atoms with Gasteiger partial charge in [-0.15, -0.1) is 4.91 Å². The highest BCUT2D eigenvalue weighted by Gasteiger charge is 2.03. The summed E-state index contributed by atoms with van der Waals surface area (Å²) < 4.78 is 0. The molecule has 0 aliphatic heterocycles. The average molecular weight is 221 g/mol. The zero-order valence-corrected chi connectivity index (χ0v) is 9.72. The molecule has 88 valence electrons. The quantitative estimate of drug-likeness (QED) is 0.416. The van der Waals surface area contributed by atoms with Crippen LogP contribution in [-0.4, -0.2) is 6.54 Å². The van der Waals surface area contributed by atoms with Crippen molar-refractivity contribution in [3.8, 4) is 0 Å². The Hall–Kier alpha value is -1.42. The van der Waals surface area contributed by atoms with Gasteiger partial charge in [0.2, 0.25) is 0 Å². The molecule has 0 radical (unpaired) electrons. The molecule has 4 heteroatoms. The van der Waals surface area contributed by atoms with Gasteiger partial charge in [0.1, 0.15) is 0 Å². The number of nitroso groups, excluding NO2 is 1. The topological polar surface area (TPSA) is 44.7 Å². The Kier molecular flexibility index (Phi) is 6.18. The van der Waals surface area contributed by atoms with Crippen LogP contribution in [0.1, 0.15) is 32.6 Å². The lowest BCUT2D eigenvalue weighted by Crippen LogP contribution is -2.33. The second-order valence-electron chi connectivity index (χ2n) is 3.70. The second-order valence-corrected chi connectivity index (χ2v) is 3.70. The lowest BCUT2D eigenvalue weighted by molar-refractivity contribution is 0.576. The molecule has 1 N–H and O–H groups in total. The molecule has 0 aromatic heterocycles. The van der Waals surface area contributed by atoms with Crippen LogP contribution in [-0.2, 0) is 0 Å². The normalized spacial score (nSPS) is 10.1. The zero-order valence-electron chi connectivity index (χ0n) is 9.72. The van der Waals surface area contributed by atoms with Crippen molar-refractivity contribution in [2.45, 2.75) is 32.6 Å². The van der Waals surface area contributed by atoms with Crippen LogP contribution in [0.15, 0.2) is 35.6 Å². The summed E-state index contributed by atoms with van der Waals surface area (Å²) in [5.41, 5.74) is 3.77. The molecule has 16 heavy (non-hydrogen) atoms. The molecule has 4 nitrogen and oxygen atoms in total. The zero-order chi connectivity index (χ0) is 11.6. The summed E-state index contributed by atoms with van der Waals surface area (Å²) in [7, 11) is 0. The Morgan fingerprint density at radius 3 is 2.56 bits per heavy atom. The van der Waals surface area contributed by atoms with Gasteiger partial charge in [0.15, 0.2) is 0 Å². The number of hydrogen-bond donors (Lipinski definition) is 1. The van der Waals surface area contributed by atoms with E-state index in [1.807, 2.05) is 30.3 Å². The fraction of sp³-hybridized carbons (Fsp3) is 0.500. The van der Waals surface area contributed by atoms with Gasteiger partial charge in [-0.3, -0.25) is 0 Å². The second kappa shape index (κ2) is 7.82. The number of rotatable bonds is 8. The summed E-state index contributed by atoms with van der Waals surface area (Å²) in [6.45, 7) is 2.96. The lowest BCUT2D eigenvalue weighted by Gasteiger charge is -2.15. The van der Waals surface area contributed by atoms with E-state index >= 15 is 0 Å². The van der Waals surface area contributed by atoms with Gasteiger partial charge in [0.05, 0.1) is 11.0 Å². The minimum Gasteiger partial charge on any atom is -0.210 e. The molecular weight excluding hydrogens is 202 g/mol. The molecule has 1 aromatic rings. The maximum absolute atomic E-state index is 10.6. The molecule has 0 bridgehead atoms. The predicted molar refractivity (Wildman–Crippen MR) is 66.9 cm³/mol. The highest BCUT2D eigenvalue weighted by Crippen LogP contribution is 2.10. The van der Waals surface area contributed by atoms with Gasteiger partial charge < -0.3 is 0 Å². The first-order chi connectivity index (χ1) is 7.88. The fourth-order valence-electron chi connectivity index (χ4n) is 1.47. The molecule has 0 unspecified atom stereocenters. The van der Waals surface area contributed by atoms with Crippen molar-refractivity contribution in [3.05, 3.63) is 35.2 Å². The third-order valence-corrected chi connectivity index (χ3v) is 2.37. The Morgan fingerprint density at radius 1 is 1.19 bits per heavy atom. The minimum atomic E-state index is 0.771. The van der Waals surface area contributed by atoms with Crippen LogP contribution in [0.5, 0.6) is 0 Å². The molecule has 0 aliphatic rings. The average Bonchev–Trinajstić information content (AvgIpc) is 2.35. The number of unbranched alkanes of at least 4 members (excludes halogenated alkanes) is 3. The van der Waals surface area contributed by atoms with E-state index in [0.717, 1.165) is 18.7 Å². The van der Waals surface area contributed by atoms with E-state index < -0.39 is 0 Å². The Labute approximate surface area is 96.6 Å². The van der Waals surface area contributed by atoms with Crippen LogP contribution in [0.3, 0.4) is 0 Å². The van der Waals surface area contributed by atoms with E-state index in [4.69, 9.17) is 0 Å². The number of hydrogen-bond acceptors (Lipinski definition) is 3. The van der Waals surface area contributed by atoms with Gasteiger partial charge in [0, 0.05) is 6.54 Å². The minimum absolute atomic E-state index is 0.771. The van der Waals surface area contributed by atoms with Crippen LogP contribution in [0.25, 0.3) is 0 Å². The van der Waals surface area contributed by atoms with Crippen LogP contribution >= 0.6 is 0 Å². The first kappa shape index (κ1) is 12.6. The van der Waals surface area contributed by atoms with E-state index in [2.05, 4.69) is 17.6 Å². The standard InChI is InChI=1S/C12H19N3O/c1-2-3-4-8-11-13-15(14-16)12-9-6-5-7-10-12/h5-7,9-10,13H,2-4,8,11H2,1H3. The summed E-state index contributed by atoms with van der Waals surface area (Å²) in [6.07, 6.45) is 4.70. The van der Waals surface area contributed by atoms with Gasteiger partial charge >= 0.3 is 0 Å². The van der Waals surface area contributed by atoms with Gasteiger partial charge in [-0.2, -0.15) is 5.12 Å². The van der Waals surface area contributed by atoms with Crippen molar-refractivity contribution < 1.29 is 0 Å². The van der Waals surface area contributed by atoms with Crippen molar-refractivity contribution >= 4 is 5.69 Å². The summed E-state index contributed by atoms with van der Waals surface area (Å²) in [5, 5.41) is 4.23. The monoisotopic (exact) mass is 221 g/mol. The van der Waals surface area contributed by atoms with Crippen molar-refractivity contribution in [1.82, 2.24) is 5.43 Å². The van der Waals surface area contributed by atoms with E-state index in [1.165, 1.54) is 24.4 Å². The number of anilines is 1. The van der Waals surface area contributed by atoms with Gasteiger partial charge in [-0.1, -0.05) is 44.4 Å². The molecule has 0 aliphatic carbocycles. The van der Waals surface area contributed by atoms with Crippen LogP contribution in [0.4, 0.5) is 5.69 Å². The third-order valence-electron chi connectivity index (χ3n) is 2.37. The Bertz CT molecular complexity index is 290. The van der Waals surface area contributed by atoms with Gasteiger partial charge in [-0.25, -0.2) is 5.43 Å². The molecular formula is C12H19N3O. The number of hydrazine groups is 1. The first-order valence-electron chi connectivity index (χ1n) is 5.80. The van der Waals surface area contributed by atoms with Crippen LogP contribution in [0, 0.1) is 4.91 Å². The largest absolute Gasteiger partial charge is 0.210 e. The van der Waals surface area contributed by atoms with E-state index in [-0.39, 0.29) is 0 Å². The molecule has 0 saturated heterocycles. The maximum Gasteiger partial charge on any atom is 0.0811 e. The Morgan fingerprint density at radius 2 is 1.94 bits per heavy atom. The maximum atomic E-state index is 10.6. The number of benzene rings is 1. The summed E-state index contributed by atoms with van der Waals surface area (Å²) >= 11 is 0. The number of nitrogens with one attached hydrogen (secondary N) is 1. The molecule has 0 heterocycles. The SMILES string of the molecule is CCCCCCNN(N=O)c1ccccc1. The van der Waals surface area contributed by atoms with Crippen LogP contribution < -0.4 is 10.5 Å². The summed E-state index contributed by atoms with van der Waals surface area (Å²) in [5.74, 6) is 0. The number of para-hydroxylation sites is 1. The summed E-state index contributed by atoms with van der Waals surface area (Å²) in [6, 6.07) is 9.37. The van der Waals surface area contributed by atoms with Crippen molar-refractivity contribution in [1.29, 1.82) is 0 Å². The third kappa shape index (κ3) is 4.40. The summed E-state index contributed by atoms with van der Waals surface area (Å²) in [4.78, 5) is 10.6. The molecule has 0 fully saturated rings. The highest BCUT2D eigenvalue weighted by atomic mass is 16.3. The molecule has 0 atom stereocenters. The smallest absolute Gasteiger partial charge is 0.0811 e.